The van der Waals surface area contributed by atoms with Gasteiger partial charge in [-0.05, 0) is 57.4 Å². The second-order valence-electron chi connectivity index (χ2n) is 6.52. The molecule has 10 heteroatoms. The van der Waals surface area contributed by atoms with E-state index >= 15 is 0 Å². The summed E-state index contributed by atoms with van der Waals surface area (Å²) in [7, 11) is 1.82. The average Bonchev–Trinajstić information content (AvgIpc) is 3.09. The summed E-state index contributed by atoms with van der Waals surface area (Å²) in [6.45, 7) is 1.58. The molecule has 1 aromatic carbocycles. The number of tetrazole rings is 1. The van der Waals surface area contributed by atoms with Crippen molar-refractivity contribution in [3.63, 3.8) is 0 Å². The van der Waals surface area contributed by atoms with Gasteiger partial charge in [-0.1, -0.05) is 16.7 Å². The van der Waals surface area contributed by atoms with Crippen LogP contribution in [0.25, 0.3) is 10.9 Å². The topological polar surface area (TPSA) is 88.8 Å². The first-order chi connectivity index (χ1) is 13.0. The Hall–Kier alpha value is -2.26. The number of aryl methyl sites for hydroxylation is 1. The number of hydrogen-bond donors (Lipinski definition) is 1. The van der Waals surface area contributed by atoms with Gasteiger partial charge in [-0.15, -0.1) is 0 Å². The van der Waals surface area contributed by atoms with Crippen molar-refractivity contribution in [2.45, 2.75) is 18.9 Å². The van der Waals surface area contributed by atoms with E-state index in [1.165, 1.54) is 0 Å². The normalized spacial score (nSPS) is 15.3. The van der Waals surface area contributed by atoms with E-state index in [-0.39, 0.29) is 11.9 Å². The zero-order valence-corrected chi connectivity index (χ0v) is 16.9. The highest BCUT2D eigenvalue weighted by Crippen LogP contribution is 2.27. The Bertz CT molecular complexity index is 1000. The van der Waals surface area contributed by atoms with Crippen LogP contribution in [0.3, 0.4) is 0 Å². The first-order valence-electron chi connectivity index (χ1n) is 8.54. The molecule has 27 heavy (non-hydrogen) atoms. The van der Waals surface area contributed by atoms with E-state index in [0.717, 1.165) is 47.3 Å². The summed E-state index contributed by atoms with van der Waals surface area (Å²) >= 11 is 9.53. The molecule has 1 aliphatic heterocycles. The zero-order chi connectivity index (χ0) is 19.0. The summed E-state index contributed by atoms with van der Waals surface area (Å²) in [5, 5.41) is 16.1. The molecule has 140 valence electrons. The van der Waals surface area contributed by atoms with E-state index in [0.29, 0.717) is 10.6 Å². The Morgan fingerprint density at radius 1 is 1.30 bits per heavy atom. The average molecular weight is 451 g/mol. The first kappa shape index (κ1) is 18.1. The summed E-state index contributed by atoms with van der Waals surface area (Å²) in [4.78, 5) is 19.1. The number of carbonyl (C=O) groups excluding carboxylic acids is 1. The van der Waals surface area contributed by atoms with Crippen LogP contribution < -0.4 is 10.2 Å². The molecular formula is C17H17BrClN7O. The molecular weight excluding hydrogens is 434 g/mol. The van der Waals surface area contributed by atoms with Crippen LogP contribution in [-0.4, -0.2) is 50.2 Å². The van der Waals surface area contributed by atoms with Crippen molar-refractivity contribution in [2.75, 3.05) is 18.0 Å². The van der Waals surface area contributed by atoms with Gasteiger partial charge in [0.2, 0.25) is 5.95 Å². The van der Waals surface area contributed by atoms with Crippen LogP contribution in [0.2, 0.25) is 5.02 Å². The number of aromatic nitrogens is 5. The zero-order valence-electron chi connectivity index (χ0n) is 14.6. The van der Waals surface area contributed by atoms with Crippen LogP contribution in [0, 0.1) is 0 Å². The lowest BCUT2D eigenvalue weighted by molar-refractivity contribution is 0.0931. The number of piperidine rings is 1. The van der Waals surface area contributed by atoms with Gasteiger partial charge in [-0.25, -0.2) is 4.68 Å². The van der Waals surface area contributed by atoms with Gasteiger partial charge >= 0.3 is 0 Å². The number of anilines is 1. The molecule has 0 radical (unpaired) electrons. The van der Waals surface area contributed by atoms with E-state index < -0.39 is 0 Å². The van der Waals surface area contributed by atoms with Crippen molar-refractivity contribution in [2.24, 2.45) is 7.05 Å². The van der Waals surface area contributed by atoms with Crippen LogP contribution >= 0.6 is 27.5 Å². The fourth-order valence-corrected chi connectivity index (χ4v) is 3.74. The quantitative estimate of drug-likeness (QED) is 0.660. The monoisotopic (exact) mass is 449 g/mol. The molecule has 1 aliphatic rings. The molecule has 1 fully saturated rings. The van der Waals surface area contributed by atoms with Gasteiger partial charge in [0, 0.05) is 42.2 Å². The lowest BCUT2D eigenvalue weighted by Crippen LogP contribution is -2.45. The van der Waals surface area contributed by atoms with Crippen molar-refractivity contribution in [3.8, 4) is 0 Å². The second-order valence-corrected chi connectivity index (χ2v) is 7.78. The van der Waals surface area contributed by atoms with Gasteiger partial charge in [0.1, 0.15) is 0 Å². The number of fused-ring (bicyclic) bond motifs is 1. The van der Waals surface area contributed by atoms with Crippen LogP contribution in [0.4, 0.5) is 5.95 Å². The number of amides is 1. The van der Waals surface area contributed by atoms with Crippen LogP contribution in [-0.2, 0) is 7.05 Å². The maximum absolute atomic E-state index is 12.6. The number of nitrogens with one attached hydrogen (secondary N) is 1. The molecule has 0 aliphatic carbocycles. The molecule has 0 spiro atoms. The van der Waals surface area contributed by atoms with E-state index in [9.17, 15) is 4.79 Å². The van der Waals surface area contributed by atoms with E-state index in [1.54, 1.807) is 16.9 Å². The van der Waals surface area contributed by atoms with E-state index in [4.69, 9.17) is 11.6 Å². The van der Waals surface area contributed by atoms with Gasteiger partial charge in [0.15, 0.2) is 0 Å². The van der Waals surface area contributed by atoms with Crippen molar-refractivity contribution >= 4 is 50.3 Å². The Kier molecular flexibility index (Phi) is 4.96. The van der Waals surface area contributed by atoms with Gasteiger partial charge < -0.3 is 10.2 Å². The second kappa shape index (κ2) is 7.40. The molecule has 0 unspecified atom stereocenters. The summed E-state index contributed by atoms with van der Waals surface area (Å²) in [5.41, 5.74) is 1.31. The molecule has 4 rings (SSSR count). The maximum Gasteiger partial charge on any atom is 0.253 e. The molecule has 3 heterocycles. The molecule has 1 saturated heterocycles. The van der Waals surface area contributed by atoms with Gasteiger partial charge in [-0.2, -0.15) is 0 Å². The number of rotatable bonds is 3. The SMILES string of the molecule is Cn1nnnc1N1CCC(NC(=O)c2cnc3cc(Br)c(Cl)cc3c2)CC1. The predicted molar refractivity (Wildman–Crippen MR) is 106 cm³/mol. The number of halogens is 2. The summed E-state index contributed by atoms with van der Waals surface area (Å²) in [6.07, 6.45) is 3.26. The van der Waals surface area contributed by atoms with E-state index in [1.807, 2.05) is 19.2 Å². The molecule has 2 aromatic heterocycles. The maximum atomic E-state index is 12.6. The highest BCUT2D eigenvalue weighted by Gasteiger charge is 2.24. The van der Waals surface area contributed by atoms with Crippen LogP contribution in [0.5, 0.6) is 0 Å². The number of benzene rings is 1. The highest BCUT2D eigenvalue weighted by molar-refractivity contribution is 9.10. The number of hydrogen-bond acceptors (Lipinski definition) is 6. The van der Waals surface area contributed by atoms with Crippen LogP contribution in [0.15, 0.2) is 28.9 Å². The minimum Gasteiger partial charge on any atom is -0.349 e. The Morgan fingerprint density at radius 3 is 2.78 bits per heavy atom. The van der Waals surface area contributed by atoms with Crippen molar-refractivity contribution < 1.29 is 4.79 Å². The third-order valence-corrected chi connectivity index (χ3v) is 5.89. The first-order valence-corrected chi connectivity index (χ1v) is 9.71. The van der Waals surface area contributed by atoms with Gasteiger partial charge in [-0.3, -0.25) is 9.78 Å². The predicted octanol–water partition coefficient (Wildman–Crippen LogP) is 2.57. The Labute approximate surface area is 169 Å². The molecule has 1 amide bonds. The standard InChI is InChI=1S/C17H17BrClN7O/c1-25-17(22-23-24-25)26-4-2-12(3-5-26)21-16(27)11-6-10-7-14(19)13(18)8-15(10)20-9-11/h6-9,12H,2-5H2,1H3,(H,21,27). The summed E-state index contributed by atoms with van der Waals surface area (Å²) in [5.74, 6) is 0.628. The van der Waals surface area contributed by atoms with Crippen LogP contribution in [0.1, 0.15) is 23.2 Å². The molecule has 0 bridgehead atoms. The third kappa shape index (κ3) is 3.74. The number of nitrogens with zero attached hydrogens (tertiary/aromatic N) is 6. The molecule has 8 nitrogen and oxygen atoms in total. The fraction of sp³-hybridized carbons (Fsp3) is 0.353. The lowest BCUT2D eigenvalue weighted by Gasteiger charge is -2.32. The minimum atomic E-state index is -0.123. The van der Waals surface area contributed by atoms with Gasteiger partial charge in [0.25, 0.3) is 5.91 Å². The smallest absolute Gasteiger partial charge is 0.253 e. The van der Waals surface area contributed by atoms with E-state index in [2.05, 4.69) is 46.7 Å². The molecule has 0 atom stereocenters. The summed E-state index contributed by atoms with van der Waals surface area (Å²) in [6, 6.07) is 5.57. The van der Waals surface area contributed by atoms with Gasteiger partial charge in [0.05, 0.1) is 16.1 Å². The molecule has 0 saturated carbocycles. The summed E-state index contributed by atoms with van der Waals surface area (Å²) < 4.78 is 2.44. The Balaban J connectivity index is 1.42. The molecule has 1 N–H and O–H groups in total. The highest BCUT2D eigenvalue weighted by atomic mass is 79.9. The Morgan fingerprint density at radius 2 is 2.07 bits per heavy atom. The number of pyridine rings is 1. The fourth-order valence-electron chi connectivity index (χ4n) is 3.23. The minimum absolute atomic E-state index is 0.110. The largest absolute Gasteiger partial charge is 0.349 e. The molecule has 3 aromatic rings. The number of carbonyl (C=O) groups is 1. The third-order valence-electron chi connectivity index (χ3n) is 4.70. The van der Waals surface area contributed by atoms with Crippen molar-refractivity contribution in [3.05, 3.63) is 39.5 Å². The van der Waals surface area contributed by atoms with Crippen molar-refractivity contribution in [1.82, 2.24) is 30.5 Å². The van der Waals surface area contributed by atoms with Crippen molar-refractivity contribution in [1.29, 1.82) is 0 Å². The lowest BCUT2D eigenvalue weighted by atomic mass is 10.0.